The molecule has 2 aromatic rings. The normalized spacial score (nSPS) is 15.7. The monoisotopic (exact) mass is 488 g/mol. The minimum atomic E-state index is -0.734. The lowest BCUT2D eigenvalue weighted by Crippen LogP contribution is -2.47. The lowest BCUT2D eigenvalue weighted by molar-refractivity contribution is 0.0580. The Kier molecular flexibility index (Phi) is 5.21. The second-order valence-corrected chi connectivity index (χ2v) is 8.12. The molecule has 2 aromatic carbocycles. The summed E-state index contributed by atoms with van der Waals surface area (Å²) < 4.78 is 0. The molecule has 0 unspecified atom stereocenters. The van der Waals surface area contributed by atoms with Gasteiger partial charge in [0.2, 0.25) is 0 Å². The van der Waals surface area contributed by atoms with Gasteiger partial charge in [-0.2, -0.15) is 0 Å². The average Bonchev–Trinajstić information content (AvgIpc) is 2.70. The molecule has 0 bridgehead atoms. The molecule has 8 nitrogen and oxygen atoms in total. The molecule has 2 heterocycles. The van der Waals surface area contributed by atoms with Crippen molar-refractivity contribution >= 4 is 80.8 Å². The smallest absolute Gasteiger partial charge is 0.264 e. The Hall–Kier alpha value is -1.94. The number of benzene rings is 2. The molecule has 2 aliphatic heterocycles. The van der Waals surface area contributed by atoms with Crippen LogP contribution in [0.5, 0.6) is 0 Å². The molecule has 4 amide bonds. The number of hydrogen-bond donors (Lipinski definition) is 2. The molecule has 156 valence electrons. The minimum Gasteiger partial charge on any atom is -0.302 e. The first kappa shape index (κ1) is 21.3. The minimum absolute atomic E-state index is 0.00281. The molecule has 12 heteroatoms. The predicted octanol–water partition coefficient (Wildman–Crippen LogP) is 3.00. The van der Waals surface area contributed by atoms with E-state index in [1.165, 1.54) is 0 Å². The molecule has 2 N–H and O–H groups in total. The number of imide groups is 2. The van der Waals surface area contributed by atoms with Crippen molar-refractivity contribution in [3.8, 4) is 0 Å². The maximum atomic E-state index is 13.1. The summed E-state index contributed by atoms with van der Waals surface area (Å²) in [5.74, 6) is -2.94. The molecule has 30 heavy (non-hydrogen) atoms. The van der Waals surface area contributed by atoms with Crippen LogP contribution in [0.3, 0.4) is 0 Å². The molecule has 4 rings (SSSR count). The fourth-order valence-electron chi connectivity index (χ4n) is 3.76. The van der Waals surface area contributed by atoms with Gasteiger partial charge in [-0.1, -0.05) is 46.4 Å². The first-order valence-electron chi connectivity index (χ1n) is 8.56. The standard InChI is InChI=1S/C18H12Cl4N4O4/c1-23-3-25-15(27)7-5-6-9(13(21)11(7)19)17(29)26(4-24-2)18(30)10(6)14(22)12(20)8(5)16(25)28/h23-24H,3-4H2,1-2H3. The van der Waals surface area contributed by atoms with Crippen LogP contribution in [0.1, 0.15) is 41.4 Å². The van der Waals surface area contributed by atoms with Crippen LogP contribution in [0.15, 0.2) is 0 Å². The van der Waals surface area contributed by atoms with Gasteiger partial charge in [0.15, 0.2) is 0 Å². The molecule has 0 atom stereocenters. The van der Waals surface area contributed by atoms with Gasteiger partial charge in [0, 0.05) is 10.8 Å². The van der Waals surface area contributed by atoms with Crippen molar-refractivity contribution in [3.05, 3.63) is 42.3 Å². The van der Waals surface area contributed by atoms with Gasteiger partial charge in [0.1, 0.15) is 0 Å². The van der Waals surface area contributed by atoms with Gasteiger partial charge >= 0.3 is 0 Å². The van der Waals surface area contributed by atoms with E-state index < -0.39 is 23.6 Å². The van der Waals surface area contributed by atoms with E-state index in [-0.39, 0.29) is 66.5 Å². The van der Waals surface area contributed by atoms with Crippen molar-refractivity contribution in [2.45, 2.75) is 0 Å². The lowest BCUT2D eigenvalue weighted by atomic mass is 9.85. The number of carbonyl (C=O) groups excluding carboxylic acids is 4. The van der Waals surface area contributed by atoms with Crippen LogP contribution in [-0.2, 0) is 0 Å². The highest BCUT2D eigenvalue weighted by Gasteiger charge is 2.45. The molecule has 0 aliphatic carbocycles. The maximum Gasteiger partial charge on any atom is 0.264 e. The quantitative estimate of drug-likeness (QED) is 0.640. The van der Waals surface area contributed by atoms with Crippen LogP contribution in [0, 0.1) is 0 Å². The Balaban J connectivity index is 2.24. The van der Waals surface area contributed by atoms with Crippen LogP contribution in [0.25, 0.3) is 10.8 Å². The summed E-state index contributed by atoms with van der Waals surface area (Å²) >= 11 is 25.6. The third-order valence-corrected chi connectivity index (χ3v) is 6.69. The zero-order valence-electron chi connectivity index (χ0n) is 15.5. The van der Waals surface area contributed by atoms with Crippen LogP contribution in [-0.4, -0.2) is 60.9 Å². The summed E-state index contributed by atoms with van der Waals surface area (Å²) in [4.78, 5) is 54.1. The molecular weight excluding hydrogens is 478 g/mol. The van der Waals surface area contributed by atoms with Gasteiger partial charge in [-0.25, -0.2) is 0 Å². The molecule has 0 saturated heterocycles. The largest absolute Gasteiger partial charge is 0.302 e. The van der Waals surface area contributed by atoms with Gasteiger partial charge in [-0.3, -0.25) is 29.0 Å². The maximum absolute atomic E-state index is 13.1. The van der Waals surface area contributed by atoms with Crippen LogP contribution in [0.2, 0.25) is 20.1 Å². The van der Waals surface area contributed by atoms with Crippen molar-refractivity contribution in [2.24, 2.45) is 0 Å². The van der Waals surface area contributed by atoms with Crippen molar-refractivity contribution in [1.82, 2.24) is 20.4 Å². The first-order valence-corrected chi connectivity index (χ1v) is 10.1. The zero-order chi connectivity index (χ0) is 22.1. The number of halogens is 4. The summed E-state index contributed by atoms with van der Waals surface area (Å²) in [5, 5.41) is 4.58. The third-order valence-electron chi connectivity index (χ3n) is 4.98. The lowest BCUT2D eigenvalue weighted by Gasteiger charge is -2.34. The summed E-state index contributed by atoms with van der Waals surface area (Å²) in [5.41, 5.74) is -0.471. The first-order chi connectivity index (χ1) is 14.2. The molecule has 0 saturated carbocycles. The number of hydrogen-bond acceptors (Lipinski definition) is 6. The molecular formula is C18H12Cl4N4O4. The Morgan fingerprint density at radius 3 is 1.00 bits per heavy atom. The number of amides is 4. The Morgan fingerprint density at radius 1 is 0.567 bits per heavy atom. The van der Waals surface area contributed by atoms with Crippen LogP contribution < -0.4 is 10.6 Å². The van der Waals surface area contributed by atoms with E-state index in [0.717, 1.165) is 9.80 Å². The fourth-order valence-corrected chi connectivity index (χ4v) is 4.84. The SMILES string of the molecule is CNCN1C(=O)c2c(Cl)c(Cl)c3c4c(c(Cl)c(Cl)c(c24)C1=O)C(=O)N(CNC)C3=O. The number of carbonyl (C=O) groups is 4. The van der Waals surface area contributed by atoms with E-state index in [1.54, 1.807) is 14.1 Å². The Labute approximate surface area is 189 Å². The summed E-state index contributed by atoms with van der Waals surface area (Å²) in [7, 11) is 3.10. The van der Waals surface area contributed by atoms with Crippen LogP contribution in [0.4, 0.5) is 0 Å². The predicted molar refractivity (Wildman–Crippen MR) is 113 cm³/mol. The van der Waals surface area contributed by atoms with Crippen molar-refractivity contribution < 1.29 is 19.2 Å². The highest BCUT2D eigenvalue weighted by Crippen LogP contribution is 2.50. The molecule has 2 aliphatic rings. The van der Waals surface area contributed by atoms with Gasteiger partial charge in [-0.05, 0) is 14.1 Å². The highest BCUT2D eigenvalue weighted by molar-refractivity contribution is 6.54. The second kappa shape index (κ2) is 7.33. The Morgan fingerprint density at radius 2 is 0.800 bits per heavy atom. The number of nitrogens with one attached hydrogen (secondary N) is 2. The summed E-state index contributed by atoms with van der Waals surface area (Å²) in [6, 6.07) is 0. The molecule has 0 spiro atoms. The topological polar surface area (TPSA) is 98.8 Å². The zero-order valence-corrected chi connectivity index (χ0v) is 18.5. The number of rotatable bonds is 4. The van der Waals surface area contributed by atoms with E-state index >= 15 is 0 Å². The van der Waals surface area contributed by atoms with Gasteiger partial charge < -0.3 is 10.6 Å². The van der Waals surface area contributed by atoms with Crippen molar-refractivity contribution in [2.75, 3.05) is 27.4 Å². The second-order valence-electron chi connectivity index (χ2n) is 6.61. The number of nitrogens with zero attached hydrogens (tertiary/aromatic N) is 2. The highest BCUT2D eigenvalue weighted by atomic mass is 35.5. The summed E-state index contributed by atoms with van der Waals surface area (Å²) in [6.07, 6.45) is 0. The van der Waals surface area contributed by atoms with Gasteiger partial charge in [0.25, 0.3) is 23.6 Å². The molecule has 0 aromatic heterocycles. The molecule has 0 radical (unpaired) electrons. The fraction of sp³-hybridized carbons (Fsp3) is 0.222. The van der Waals surface area contributed by atoms with Gasteiger partial charge in [-0.15, -0.1) is 0 Å². The Bertz CT molecular complexity index is 1040. The van der Waals surface area contributed by atoms with E-state index in [2.05, 4.69) is 10.6 Å². The van der Waals surface area contributed by atoms with Crippen molar-refractivity contribution in [1.29, 1.82) is 0 Å². The van der Waals surface area contributed by atoms with E-state index in [4.69, 9.17) is 46.4 Å². The molecule has 0 fully saturated rings. The van der Waals surface area contributed by atoms with E-state index in [1.807, 2.05) is 0 Å². The third kappa shape index (κ3) is 2.55. The van der Waals surface area contributed by atoms with Crippen molar-refractivity contribution in [3.63, 3.8) is 0 Å². The summed E-state index contributed by atoms with van der Waals surface area (Å²) in [6.45, 7) is -0.254. The van der Waals surface area contributed by atoms with E-state index in [9.17, 15) is 19.2 Å². The van der Waals surface area contributed by atoms with E-state index in [0.29, 0.717) is 0 Å². The van der Waals surface area contributed by atoms with Crippen LogP contribution >= 0.6 is 46.4 Å². The van der Waals surface area contributed by atoms with Gasteiger partial charge in [0.05, 0.1) is 55.7 Å². The average molecular weight is 490 g/mol.